The van der Waals surface area contributed by atoms with Gasteiger partial charge in [-0.25, -0.2) is 14.6 Å². The van der Waals surface area contributed by atoms with Crippen molar-refractivity contribution in [1.29, 1.82) is 0 Å². The lowest BCUT2D eigenvalue weighted by molar-refractivity contribution is 0.0471. The van der Waals surface area contributed by atoms with Gasteiger partial charge in [0.2, 0.25) is 0 Å². The number of rotatable bonds is 6. The third-order valence-corrected chi connectivity index (χ3v) is 2.30. The van der Waals surface area contributed by atoms with Gasteiger partial charge in [-0.1, -0.05) is 13.8 Å². The van der Waals surface area contributed by atoms with E-state index in [9.17, 15) is 9.59 Å². The number of carbonyl (C=O) groups is 2. The second kappa shape index (κ2) is 6.92. The van der Waals surface area contributed by atoms with E-state index in [-0.39, 0.29) is 24.6 Å². The zero-order valence-electron chi connectivity index (χ0n) is 11.8. The van der Waals surface area contributed by atoms with Crippen molar-refractivity contribution in [2.24, 2.45) is 5.92 Å². The largest absolute Gasteiger partial charge is 0.461 e. The van der Waals surface area contributed by atoms with Crippen LogP contribution in [0.5, 0.6) is 0 Å². The van der Waals surface area contributed by atoms with Gasteiger partial charge in [-0.05, 0) is 19.8 Å². The number of hydrogen-bond donors (Lipinski definition) is 1. The normalized spacial score (nSPS) is 10.6. The van der Waals surface area contributed by atoms with Gasteiger partial charge in [-0.15, -0.1) is 0 Å². The van der Waals surface area contributed by atoms with E-state index in [0.29, 0.717) is 18.2 Å². The minimum absolute atomic E-state index is 0.00375. The van der Waals surface area contributed by atoms with Gasteiger partial charge in [-0.3, -0.25) is 0 Å². The summed E-state index contributed by atoms with van der Waals surface area (Å²) in [5.41, 5.74) is 0.0619. The van der Waals surface area contributed by atoms with Gasteiger partial charge in [0.15, 0.2) is 11.4 Å². The number of aromatic amines is 1. The summed E-state index contributed by atoms with van der Waals surface area (Å²) < 4.78 is 9.78. The van der Waals surface area contributed by atoms with Crippen LogP contribution in [0.4, 0.5) is 0 Å². The Kier molecular flexibility index (Phi) is 5.54. The van der Waals surface area contributed by atoms with E-state index < -0.39 is 11.9 Å². The highest BCUT2D eigenvalue weighted by atomic mass is 16.5. The number of esters is 2. The first kappa shape index (κ1) is 15.2. The molecule has 0 aliphatic heterocycles. The van der Waals surface area contributed by atoms with Crippen molar-refractivity contribution < 1.29 is 19.1 Å². The summed E-state index contributed by atoms with van der Waals surface area (Å²) >= 11 is 0. The molecule has 6 heteroatoms. The fourth-order valence-corrected chi connectivity index (χ4v) is 1.60. The van der Waals surface area contributed by atoms with Crippen molar-refractivity contribution in [1.82, 2.24) is 9.97 Å². The van der Waals surface area contributed by atoms with Crippen molar-refractivity contribution in [3.8, 4) is 0 Å². The number of imidazole rings is 1. The molecule has 1 aromatic rings. The molecule has 106 valence electrons. The van der Waals surface area contributed by atoms with Crippen molar-refractivity contribution in [2.45, 2.75) is 34.1 Å². The van der Waals surface area contributed by atoms with Crippen LogP contribution in [0.15, 0.2) is 0 Å². The standard InChI is InChI=1S/C13H20N2O4/c1-5-18-12(16)10-11(13(17)19-6-2)15-9(14-10)7-8(3)4/h8H,5-7H2,1-4H3,(H,14,15). The lowest BCUT2D eigenvalue weighted by Crippen LogP contribution is -2.13. The van der Waals surface area contributed by atoms with Gasteiger partial charge < -0.3 is 14.5 Å². The first-order valence-corrected chi connectivity index (χ1v) is 6.42. The second-order valence-electron chi connectivity index (χ2n) is 4.45. The summed E-state index contributed by atoms with van der Waals surface area (Å²) in [5.74, 6) is -0.262. The summed E-state index contributed by atoms with van der Waals surface area (Å²) in [4.78, 5) is 30.5. The molecule has 0 spiro atoms. The Bertz CT molecular complexity index is 416. The SMILES string of the molecule is CCOC(=O)c1nc(CC(C)C)[nH]c1C(=O)OCC. The van der Waals surface area contributed by atoms with Crippen LogP contribution in [0.3, 0.4) is 0 Å². The Balaban J connectivity index is 3.06. The van der Waals surface area contributed by atoms with Crippen LogP contribution < -0.4 is 0 Å². The fourth-order valence-electron chi connectivity index (χ4n) is 1.60. The average molecular weight is 268 g/mol. The Morgan fingerprint density at radius 2 is 1.74 bits per heavy atom. The van der Waals surface area contributed by atoms with Gasteiger partial charge >= 0.3 is 11.9 Å². The fraction of sp³-hybridized carbons (Fsp3) is 0.615. The van der Waals surface area contributed by atoms with Crippen molar-refractivity contribution in [2.75, 3.05) is 13.2 Å². The van der Waals surface area contributed by atoms with E-state index in [1.165, 1.54) is 0 Å². The zero-order chi connectivity index (χ0) is 14.4. The quantitative estimate of drug-likeness (QED) is 0.797. The number of hydrogen-bond acceptors (Lipinski definition) is 5. The van der Waals surface area contributed by atoms with E-state index in [2.05, 4.69) is 9.97 Å². The Labute approximate surface area is 112 Å². The maximum atomic E-state index is 11.8. The molecule has 1 aromatic heterocycles. The lowest BCUT2D eigenvalue weighted by Gasteiger charge is -2.02. The molecule has 0 radical (unpaired) electrons. The van der Waals surface area contributed by atoms with Crippen molar-refractivity contribution in [3.05, 3.63) is 17.2 Å². The molecule has 1 N–H and O–H groups in total. The molecule has 0 bridgehead atoms. The number of aromatic nitrogens is 2. The number of H-pyrrole nitrogens is 1. The molecule has 6 nitrogen and oxygen atoms in total. The highest BCUT2D eigenvalue weighted by molar-refractivity contribution is 6.00. The third kappa shape index (κ3) is 4.08. The van der Waals surface area contributed by atoms with Crippen LogP contribution in [0.1, 0.15) is 54.5 Å². The van der Waals surface area contributed by atoms with Crippen LogP contribution in [0.25, 0.3) is 0 Å². The topological polar surface area (TPSA) is 81.3 Å². The lowest BCUT2D eigenvalue weighted by atomic mass is 10.1. The predicted octanol–water partition coefficient (Wildman–Crippen LogP) is 1.96. The van der Waals surface area contributed by atoms with Crippen molar-refractivity contribution >= 4 is 11.9 Å². The molecule has 0 amide bonds. The highest BCUT2D eigenvalue weighted by Crippen LogP contribution is 2.13. The number of nitrogens with zero attached hydrogens (tertiary/aromatic N) is 1. The molecule has 1 heterocycles. The van der Waals surface area contributed by atoms with Gasteiger partial charge in [-0.2, -0.15) is 0 Å². The average Bonchev–Trinajstić information content (AvgIpc) is 2.72. The molecule has 0 atom stereocenters. The molecule has 0 aromatic carbocycles. The van der Waals surface area contributed by atoms with E-state index in [1.807, 2.05) is 13.8 Å². The van der Waals surface area contributed by atoms with Gasteiger partial charge in [0, 0.05) is 6.42 Å². The summed E-state index contributed by atoms with van der Waals surface area (Å²) in [6.07, 6.45) is 0.645. The summed E-state index contributed by atoms with van der Waals surface area (Å²) in [7, 11) is 0. The van der Waals surface area contributed by atoms with Crippen molar-refractivity contribution in [3.63, 3.8) is 0 Å². The molecular weight excluding hydrogens is 248 g/mol. The first-order chi connectivity index (χ1) is 8.99. The number of carbonyl (C=O) groups excluding carboxylic acids is 2. The Hall–Kier alpha value is -1.85. The first-order valence-electron chi connectivity index (χ1n) is 6.42. The molecule has 0 saturated heterocycles. The second-order valence-corrected chi connectivity index (χ2v) is 4.45. The van der Waals surface area contributed by atoms with E-state index in [4.69, 9.17) is 9.47 Å². The van der Waals surface area contributed by atoms with Crippen LogP contribution in [0, 0.1) is 5.92 Å². The molecule has 1 rings (SSSR count). The van der Waals surface area contributed by atoms with E-state index in [1.54, 1.807) is 13.8 Å². The molecule has 0 saturated carbocycles. The third-order valence-electron chi connectivity index (χ3n) is 2.30. The summed E-state index contributed by atoms with van der Waals surface area (Å²) in [5, 5.41) is 0. The highest BCUT2D eigenvalue weighted by Gasteiger charge is 2.24. The summed E-state index contributed by atoms with van der Waals surface area (Å²) in [6.45, 7) is 7.91. The van der Waals surface area contributed by atoms with E-state index in [0.717, 1.165) is 0 Å². The van der Waals surface area contributed by atoms with Crippen LogP contribution in [-0.2, 0) is 15.9 Å². The maximum Gasteiger partial charge on any atom is 0.359 e. The zero-order valence-corrected chi connectivity index (χ0v) is 11.8. The molecule has 19 heavy (non-hydrogen) atoms. The monoisotopic (exact) mass is 268 g/mol. The van der Waals surface area contributed by atoms with Crippen LogP contribution in [0.2, 0.25) is 0 Å². The molecule has 0 aliphatic rings. The van der Waals surface area contributed by atoms with Gasteiger partial charge in [0.05, 0.1) is 13.2 Å². The molecular formula is C13H20N2O4. The number of ether oxygens (including phenoxy) is 2. The minimum Gasteiger partial charge on any atom is -0.461 e. The predicted molar refractivity (Wildman–Crippen MR) is 69.0 cm³/mol. The Morgan fingerprint density at radius 3 is 2.26 bits per heavy atom. The number of nitrogens with one attached hydrogen (secondary N) is 1. The van der Waals surface area contributed by atoms with Gasteiger partial charge in [0.25, 0.3) is 0 Å². The van der Waals surface area contributed by atoms with E-state index >= 15 is 0 Å². The maximum absolute atomic E-state index is 11.8. The summed E-state index contributed by atoms with van der Waals surface area (Å²) in [6, 6.07) is 0. The Morgan fingerprint density at radius 1 is 1.16 bits per heavy atom. The van der Waals surface area contributed by atoms with Crippen LogP contribution >= 0.6 is 0 Å². The molecule has 0 unspecified atom stereocenters. The molecule has 0 aliphatic carbocycles. The molecule has 0 fully saturated rings. The van der Waals surface area contributed by atoms with Gasteiger partial charge in [0.1, 0.15) is 5.82 Å². The minimum atomic E-state index is -0.614. The smallest absolute Gasteiger partial charge is 0.359 e. The van der Waals surface area contributed by atoms with Crippen LogP contribution in [-0.4, -0.2) is 35.1 Å².